The second-order valence-electron chi connectivity index (χ2n) is 6.06. The van der Waals surface area contributed by atoms with Crippen LogP contribution in [-0.4, -0.2) is 20.3 Å². The molecule has 1 radical (unpaired) electrons. The molecule has 1 saturated heterocycles. The monoisotopic (exact) mass is 295 g/mol. The van der Waals surface area contributed by atoms with Crippen LogP contribution in [0.3, 0.4) is 0 Å². The molecular weight excluding hydrogens is 272 g/mol. The van der Waals surface area contributed by atoms with E-state index in [4.69, 9.17) is 0 Å². The molecule has 0 bridgehead atoms. The number of benzene rings is 1. The van der Waals surface area contributed by atoms with Crippen molar-refractivity contribution in [3.8, 4) is 0 Å². The SMILES string of the molecule is C[Si](c1ccccc1C1(C)SCCS1)C(C)(C)C. The molecule has 1 aromatic rings. The lowest BCUT2D eigenvalue weighted by Gasteiger charge is -2.32. The van der Waals surface area contributed by atoms with Crippen molar-refractivity contribution in [1.29, 1.82) is 0 Å². The predicted octanol–water partition coefficient (Wildman–Crippen LogP) is 4.47. The van der Waals surface area contributed by atoms with Crippen LogP contribution in [0.5, 0.6) is 0 Å². The van der Waals surface area contributed by atoms with E-state index in [2.05, 4.69) is 82.0 Å². The Balaban J connectivity index is 2.43. The third-order valence-electron chi connectivity index (χ3n) is 3.78. The van der Waals surface area contributed by atoms with Crippen molar-refractivity contribution in [3.05, 3.63) is 29.8 Å². The van der Waals surface area contributed by atoms with E-state index in [1.807, 2.05) is 0 Å². The van der Waals surface area contributed by atoms with E-state index in [1.54, 1.807) is 10.8 Å². The largest absolute Gasteiger partial charge is 0.139 e. The van der Waals surface area contributed by atoms with Crippen molar-refractivity contribution in [2.45, 2.75) is 43.4 Å². The molecule has 0 aromatic heterocycles. The lowest BCUT2D eigenvalue weighted by Crippen LogP contribution is -2.40. The molecule has 99 valence electrons. The number of rotatable bonds is 2. The Bertz CT molecular complexity index is 417. The fourth-order valence-electron chi connectivity index (χ4n) is 2.28. The maximum absolute atomic E-state index is 2.47. The third-order valence-corrected chi connectivity index (χ3v) is 10.6. The second kappa shape index (κ2) is 5.26. The smallest absolute Gasteiger partial charge is 0.0885 e. The van der Waals surface area contributed by atoms with Crippen LogP contribution in [0.2, 0.25) is 11.6 Å². The molecule has 1 aromatic carbocycles. The summed E-state index contributed by atoms with van der Waals surface area (Å²) in [7, 11) is -0.513. The van der Waals surface area contributed by atoms with Gasteiger partial charge < -0.3 is 0 Å². The van der Waals surface area contributed by atoms with Gasteiger partial charge in [-0.05, 0) is 17.5 Å². The summed E-state index contributed by atoms with van der Waals surface area (Å²) in [6.07, 6.45) is 0. The van der Waals surface area contributed by atoms with Crippen molar-refractivity contribution in [3.63, 3.8) is 0 Å². The van der Waals surface area contributed by atoms with Gasteiger partial charge in [0, 0.05) is 11.5 Å². The number of hydrogen-bond donors (Lipinski definition) is 0. The molecule has 0 unspecified atom stereocenters. The average Bonchev–Trinajstić information content (AvgIpc) is 2.75. The predicted molar refractivity (Wildman–Crippen MR) is 89.7 cm³/mol. The molecule has 1 aliphatic rings. The van der Waals surface area contributed by atoms with Gasteiger partial charge in [0.2, 0.25) is 0 Å². The second-order valence-corrected chi connectivity index (χ2v) is 12.6. The molecule has 0 amide bonds. The van der Waals surface area contributed by atoms with Gasteiger partial charge in [0.15, 0.2) is 0 Å². The molecule has 0 atom stereocenters. The van der Waals surface area contributed by atoms with Crippen LogP contribution in [-0.2, 0) is 4.08 Å². The van der Waals surface area contributed by atoms with Crippen molar-refractivity contribution in [2.24, 2.45) is 0 Å². The molecule has 2 rings (SSSR count). The molecule has 1 fully saturated rings. The van der Waals surface area contributed by atoms with Crippen molar-refractivity contribution in [1.82, 2.24) is 0 Å². The van der Waals surface area contributed by atoms with Crippen LogP contribution in [0, 0.1) is 0 Å². The summed E-state index contributed by atoms with van der Waals surface area (Å²) >= 11 is 4.24. The standard InChI is InChI=1S/C15H23S2Si/c1-14(2,3)18(5)13-9-7-6-8-12(13)15(4)16-10-11-17-15/h6-9H,10-11H2,1-5H3. The zero-order valence-corrected chi connectivity index (χ0v) is 14.7. The number of hydrogen-bond acceptors (Lipinski definition) is 2. The van der Waals surface area contributed by atoms with Crippen LogP contribution in [0.15, 0.2) is 24.3 Å². The summed E-state index contributed by atoms with van der Waals surface area (Å²) in [5, 5.41) is 2.06. The molecule has 0 N–H and O–H groups in total. The van der Waals surface area contributed by atoms with Gasteiger partial charge in [-0.2, -0.15) is 0 Å². The maximum atomic E-state index is 2.47. The summed E-state index contributed by atoms with van der Waals surface area (Å²) in [5.41, 5.74) is 1.59. The molecule has 1 heterocycles. The first-order chi connectivity index (χ1) is 8.34. The Morgan fingerprint density at radius 3 is 2.22 bits per heavy atom. The third kappa shape index (κ3) is 2.83. The van der Waals surface area contributed by atoms with Crippen molar-refractivity contribution in [2.75, 3.05) is 11.5 Å². The Kier molecular flexibility index (Phi) is 4.25. The fourth-order valence-corrected chi connectivity index (χ4v) is 7.30. The minimum Gasteiger partial charge on any atom is -0.139 e. The Morgan fingerprint density at radius 1 is 1.11 bits per heavy atom. The van der Waals surface area contributed by atoms with E-state index in [0.717, 1.165) is 0 Å². The zero-order chi connectivity index (χ0) is 13.4. The van der Waals surface area contributed by atoms with E-state index < -0.39 is 8.80 Å². The van der Waals surface area contributed by atoms with Gasteiger partial charge in [0.25, 0.3) is 0 Å². The van der Waals surface area contributed by atoms with Crippen LogP contribution in [0.25, 0.3) is 0 Å². The van der Waals surface area contributed by atoms with Crippen molar-refractivity contribution < 1.29 is 0 Å². The Morgan fingerprint density at radius 2 is 1.67 bits per heavy atom. The quantitative estimate of drug-likeness (QED) is 0.738. The lowest BCUT2D eigenvalue weighted by atomic mass is 10.1. The topological polar surface area (TPSA) is 0 Å². The summed E-state index contributed by atoms with van der Waals surface area (Å²) in [6.45, 7) is 12.0. The van der Waals surface area contributed by atoms with E-state index in [-0.39, 0.29) is 4.08 Å². The first-order valence-electron chi connectivity index (χ1n) is 6.56. The zero-order valence-electron chi connectivity index (χ0n) is 12.0. The Labute approximate surface area is 122 Å². The summed E-state index contributed by atoms with van der Waals surface area (Å²) in [6, 6.07) is 9.16. The minimum absolute atomic E-state index is 0.285. The van der Waals surface area contributed by atoms with Crippen LogP contribution >= 0.6 is 23.5 Å². The summed E-state index contributed by atoms with van der Waals surface area (Å²) in [5.74, 6) is 2.58. The van der Waals surface area contributed by atoms with Crippen LogP contribution in [0.1, 0.15) is 33.3 Å². The van der Waals surface area contributed by atoms with Gasteiger partial charge >= 0.3 is 0 Å². The van der Waals surface area contributed by atoms with Gasteiger partial charge in [-0.15, -0.1) is 23.5 Å². The molecular formula is C15H23S2Si. The molecule has 0 aliphatic carbocycles. The van der Waals surface area contributed by atoms with E-state index in [9.17, 15) is 0 Å². The number of thioether (sulfide) groups is 2. The highest BCUT2D eigenvalue weighted by molar-refractivity contribution is 8.20. The Hall–Kier alpha value is 0.137. The normalized spacial score (nSPS) is 19.4. The van der Waals surface area contributed by atoms with Gasteiger partial charge in [-0.25, -0.2) is 0 Å². The van der Waals surface area contributed by atoms with Gasteiger partial charge in [0.05, 0.1) is 12.9 Å². The van der Waals surface area contributed by atoms with Crippen LogP contribution in [0.4, 0.5) is 0 Å². The lowest BCUT2D eigenvalue weighted by molar-refractivity contribution is 0.745. The van der Waals surface area contributed by atoms with E-state index in [1.165, 1.54) is 11.5 Å². The van der Waals surface area contributed by atoms with E-state index in [0.29, 0.717) is 5.04 Å². The minimum atomic E-state index is -0.513. The molecule has 18 heavy (non-hydrogen) atoms. The van der Waals surface area contributed by atoms with Gasteiger partial charge in [0.1, 0.15) is 0 Å². The van der Waals surface area contributed by atoms with E-state index >= 15 is 0 Å². The summed E-state index contributed by atoms with van der Waals surface area (Å²) in [4.78, 5) is 0. The highest BCUT2D eigenvalue weighted by Crippen LogP contribution is 2.51. The van der Waals surface area contributed by atoms with Crippen LogP contribution < -0.4 is 5.19 Å². The summed E-state index contributed by atoms with van der Waals surface area (Å²) < 4.78 is 0.285. The first-order valence-corrected chi connectivity index (χ1v) is 10.5. The van der Waals surface area contributed by atoms with Crippen molar-refractivity contribution >= 4 is 37.5 Å². The molecule has 1 aliphatic heterocycles. The molecule has 0 spiro atoms. The highest BCUT2D eigenvalue weighted by Gasteiger charge is 2.36. The highest BCUT2D eigenvalue weighted by atomic mass is 32.2. The average molecular weight is 296 g/mol. The van der Waals surface area contributed by atoms with Gasteiger partial charge in [-0.1, -0.05) is 56.8 Å². The molecule has 0 saturated carbocycles. The first kappa shape index (κ1) is 14.5. The van der Waals surface area contributed by atoms with Gasteiger partial charge in [-0.3, -0.25) is 0 Å². The molecule has 3 heteroatoms. The maximum Gasteiger partial charge on any atom is 0.0885 e. The fraction of sp³-hybridized carbons (Fsp3) is 0.600. The molecule has 0 nitrogen and oxygen atoms in total.